The van der Waals surface area contributed by atoms with E-state index in [1.807, 2.05) is 0 Å². The first-order chi connectivity index (χ1) is 4.66. The van der Waals surface area contributed by atoms with Crippen LogP contribution in [-0.4, -0.2) is 34.1 Å². The molecule has 0 aromatic carbocycles. The van der Waals surface area contributed by atoms with Crippen LogP contribution in [0.25, 0.3) is 0 Å². The van der Waals surface area contributed by atoms with Crippen LogP contribution in [-0.2, 0) is 0 Å². The van der Waals surface area contributed by atoms with E-state index >= 15 is 0 Å². The summed E-state index contributed by atoms with van der Waals surface area (Å²) < 4.78 is 0. The molecule has 1 aliphatic carbocycles. The molecule has 0 heterocycles. The van der Waals surface area contributed by atoms with Gasteiger partial charge in [-0.05, 0) is 5.57 Å². The number of aliphatic hydroxyl groups excluding tert-OH is 3. The topological polar surface area (TPSA) is 60.7 Å². The first-order valence-electron chi connectivity index (χ1n) is 3.34. The van der Waals surface area contributed by atoms with Crippen LogP contribution in [0.5, 0.6) is 0 Å². The molecule has 0 aromatic heterocycles. The van der Waals surface area contributed by atoms with Crippen molar-refractivity contribution >= 4 is 0 Å². The molecule has 0 aliphatic heterocycles. The van der Waals surface area contributed by atoms with E-state index in [9.17, 15) is 0 Å². The Hall–Kier alpha value is -0.380. The lowest BCUT2D eigenvalue weighted by Gasteiger charge is -2.13. The van der Waals surface area contributed by atoms with E-state index in [4.69, 9.17) is 15.3 Å². The molecule has 1 rings (SSSR count). The average molecular weight is 144 g/mol. The van der Waals surface area contributed by atoms with E-state index in [2.05, 4.69) is 0 Å². The lowest BCUT2D eigenvalue weighted by Crippen LogP contribution is -2.27. The fourth-order valence-electron chi connectivity index (χ4n) is 1.19. The van der Waals surface area contributed by atoms with Gasteiger partial charge in [0.05, 0.1) is 12.7 Å². The van der Waals surface area contributed by atoms with Crippen molar-refractivity contribution in [2.45, 2.75) is 19.1 Å². The molecule has 0 saturated carbocycles. The van der Waals surface area contributed by atoms with Crippen molar-refractivity contribution in [3.63, 3.8) is 0 Å². The van der Waals surface area contributed by atoms with E-state index in [1.165, 1.54) is 0 Å². The van der Waals surface area contributed by atoms with Crippen molar-refractivity contribution in [3.8, 4) is 0 Å². The van der Waals surface area contributed by atoms with Crippen LogP contribution in [0, 0.1) is 5.92 Å². The molecule has 0 spiro atoms. The maximum atomic E-state index is 9.15. The van der Waals surface area contributed by atoms with E-state index in [0.29, 0.717) is 5.57 Å². The second kappa shape index (κ2) is 2.70. The fourth-order valence-corrected chi connectivity index (χ4v) is 1.19. The molecule has 3 nitrogen and oxygen atoms in total. The average Bonchev–Trinajstić information content (AvgIpc) is 2.17. The number of rotatable bonds is 1. The maximum Gasteiger partial charge on any atom is 0.104 e. The minimum Gasteiger partial charge on any atom is -0.392 e. The Labute approximate surface area is 59.6 Å². The van der Waals surface area contributed by atoms with E-state index < -0.39 is 12.2 Å². The third kappa shape index (κ3) is 1.08. The predicted octanol–water partition coefficient (Wildman–Crippen LogP) is -0.723. The standard InChI is InChI=1S/C7H12O3/c1-4-2-5(3-8)7(10)6(4)9/h2,4,6-10H,3H2,1H3. The molecule has 10 heavy (non-hydrogen) atoms. The van der Waals surface area contributed by atoms with Crippen LogP contribution in [0.15, 0.2) is 11.6 Å². The van der Waals surface area contributed by atoms with Crippen LogP contribution in [0.4, 0.5) is 0 Å². The SMILES string of the molecule is CC1C=C(CO)C(O)C1O. The Kier molecular flexibility index (Phi) is 2.08. The summed E-state index contributed by atoms with van der Waals surface area (Å²) in [5, 5.41) is 26.9. The van der Waals surface area contributed by atoms with E-state index in [-0.39, 0.29) is 12.5 Å². The third-order valence-electron chi connectivity index (χ3n) is 1.90. The number of aliphatic hydroxyl groups is 3. The van der Waals surface area contributed by atoms with Gasteiger partial charge in [-0.15, -0.1) is 0 Å². The van der Waals surface area contributed by atoms with Gasteiger partial charge >= 0.3 is 0 Å². The fraction of sp³-hybridized carbons (Fsp3) is 0.714. The Morgan fingerprint density at radius 2 is 2.10 bits per heavy atom. The summed E-state index contributed by atoms with van der Waals surface area (Å²) in [5.41, 5.74) is 0.528. The molecule has 3 heteroatoms. The minimum atomic E-state index is -0.861. The molecular formula is C7H12O3. The summed E-state index contributed by atoms with van der Waals surface area (Å²) >= 11 is 0. The van der Waals surface area contributed by atoms with Crippen molar-refractivity contribution in [2.24, 2.45) is 5.92 Å². The highest BCUT2D eigenvalue weighted by molar-refractivity contribution is 5.20. The quantitative estimate of drug-likeness (QED) is 0.425. The van der Waals surface area contributed by atoms with Crippen LogP contribution in [0.1, 0.15) is 6.92 Å². The van der Waals surface area contributed by atoms with Crippen LogP contribution >= 0.6 is 0 Å². The smallest absolute Gasteiger partial charge is 0.104 e. The van der Waals surface area contributed by atoms with E-state index in [0.717, 1.165) is 0 Å². The highest BCUT2D eigenvalue weighted by atomic mass is 16.3. The van der Waals surface area contributed by atoms with Crippen LogP contribution in [0.2, 0.25) is 0 Å². The summed E-state index contributed by atoms with van der Waals surface area (Å²) in [4.78, 5) is 0. The van der Waals surface area contributed by atoms with Gasteiger partial charge in [-0.25, -0.2) is 0 Å². The summed E-state index contributed by atoms with van der Waals surface area (Å²) in [6, 6.07) is 0. The van der Waals surface area contributed by atoms with Gasteiger partial charge in [-0.1, -0.05) is 13.0 Å². The zero-order valence-corrected chi connectivity index (χ0v) is 5.86. The molecule has 0 radical (unpaired) electrons. The first kappa shape index (κ1) is 7.72. The molecule has 0 fully saturated rings. The van der Waals surface area contributed by atoms with Gasteiger partial charge in [0, 0.05) is 5.92 Å². The third-order valence-corrected chi connectivity index (χ3v) is 1.90. The lowest BCUT2D eigenvalue weighted by atomic mass is 10.1. The monoisotopic (exact) mass is 144 g/mol. The molecule has 0 aromatic rings. The van der Waals surface area contributed by atoms with Crippen molar-refractivity contribution < 1.29 is 15.3 Å². The zero-order valence-electron chi connectivity index (χ0n) is 5.86. The van der Waals surface area contributed by atoms with Gasteiger partial charge in [-0.2, -0.15) is 0 Å². The molecular weight excluding hydrogens is 132 g/mol. The van der Waals surface area contributed by atoms with Gasteiger partial charge in [0.2, 0.25) is 0 Å². The summed E-state index contributed by atoms with van der Waals surface area (Å²) in [6.07, 6.45) is 0.108. The van der Waals surface area contributed by atoms with Gasteiger partial charge in [0.25, 0.3) is 0 Å². The maximum absolute atomic E-state index is 9.15. The largest absolute Gasteiger partial charge is 0.392 e. The Balaban J connectivity index is 2.68. The minimum absolute atomic E-state index is 0.0443. The second-order valence-electron chi connectivity index (χ2n) is 2.69. The number of hydrogen-bond acceptors (Lipinski definition) is 3. The Bertz CT molecular complexity index is 153. The van der Waals surface area contributed by atoms with E-state index in [1.54, 1.807) is 13.0 Å². The molecule has 3 N–H and O–H groups in total. The van der Waals surface area contributed by atoms with Gasteiger partial charge in [0.15, 0.2) is 0 Å². The molecule has 0 bridgehead atoms. The van der Waals surface area contributed by atoms with Crippen molar-refractivity contribution in [1.29, 1.82) is 0 Å². The molecule has 0 saturated heterocycles. The summed E-state index contributed by atoms with van der Waals surface area (Å²) in [7, 11) is 0. The highest BCUT2D eigenvalue weighted by Crippen LogP contribution is 2.23. The number of hydrogen-bond donors (Lipinski definition) is 3. The molecule has 3 unspecified atom stereocenters. The zero-order chi connectivity index (χ0) is 7.72. The van der Waals surface area contributed by atoms with Gasteiger partial charge in [0.1, 0.15) is 6.10 Å². The predicted molar refractivity (Wildman–Crippen MR) is 36.3 cm³/mol. The van der Waals surface area contributed by atoms with Gasteiger partial charge in [-0.3, -0.25) is 0 Å². The summed E-state index contributed by atoms with van der Waals surface area (Å²) in [6.45, 7) is 1.64. The van der Waals surface area contributed by atoms with Crippen LogP contribution < -0.4 is 0 Å². The molecule has 3 atom stereocenters. The van der Waals surface area contributed by atoms with Crippen molar-refractivity contribution in [2.75, 3.05) is 6.61 Å². The Morgan fingerprint density at radius 1 is 1.50 bits per heavy atom. The lowest BCUT2D eigenvalue weighted by molar-refractivity contribution is 0.0292. The molecule has 58 valence electrons. The highest BCUT2D eigenvalue weighted by Gasteiger charge is 2.30. The second-order valence-corrected chi connectivity index (χ2v) is 2.69. The first-order valence-corrected chi connectivity index (χ1v) is 3.34. The van der Waals surface area contributed by atoms with Crippen molar-refractivity contribution in [1.82, 2.24) is 0 Å². The Morgan fingerprint density at radius 3 is 2.30 bits per heavy atom. The van der Waals surface area contributed by atoms with Crippen LogP contribution in [0.3, 0.4) is 0 Å². The normalized spacial score (nSPS) is 40.0. The summed E-state index contributed by atoms with van der Waals surface area (Å²) in [5.74, 6) is -0.0443. The molecule has 0 amide bonds. The van der Waals surface area contributed by atoms with Crippen molar-refractivity contribution in [3.05, 3.63) is 11.6 Å². The molecule has 1 aliphatic rings. The van der Waals surface area contributed by atoms with Gasteiger partial charge < -0.3 is 15.3 Å².